The number of amides is 1. The summed E-state index contributed by atoms with van der Waals surface area (Å²) in [6.45, 7) is 0.511. The first-order valence-electron chi connectivity index (χ1n) is 10.7. The zero-order valence-corrected chi connectivity index (χ0v) is 18.8. The number of carbonyl (C=O) groups excluding carboxylic acids is 1. The van der Waals surface area contributed by atoms with Crippen LogP contribution in [0.3, 0.4) is 0 Å². The Kier molecular flexibility index (Phi) is 7.05. The molecular formula is C24H22N4O7. The van der Waals surface area contributed by atoms with E-state index >= 15 is 0 Å². The number of carbonyl (C=O) groups is 1. The van der Waals surface area contributed by atoms with Crippen LogP contribution in [-0.4, -0.2) is 27.5 Å². The lowest BCUT2D eigenvalue weighted by molar-refractivity contribution is -0.384. The number of benzene rings is 2. The number of pyridine rings is 1. The van der Waals surface area contributed by atoms with Crippen molar-refractivity contribution in [1.29, 1.82) is 0 Å². The molecule has 1 amide bonds. The molecule has 1 N–H and O–H groups in total. The second-order valence-corrected chi connectivity index (χ2v) is 7.60. The van der Waals surface area contributed by atoms with Crippen molar-refractivity contribution in [3.05, 3.63) is 87.2 Å². The summed E-state index contributed by atoms with van der Waals surface area (Å²) in [4.78, 5) is 39.0. The lowest BCUT2D eigenvalue weighted by atomic mass is 10.2. The Morgan fingerprint density at radius 3 is 2.80 bits per heavy atom. The Balaban J connectivity index is 1.36. The molecule has 0 aliphatic heterocycles. The number of aryl methyl sites for hydroxylation is 1. The molecule has 0 radical (unpaired) electrons. The number of nitrogens with one attached hydrogen (secondary N) is 1. The molecule has 0 saturated carbocycles. The van der Waals surface area contributed by atoms with E-state index in [4.69, 9.17) is 13.9 Å². The molecule has 2 aromatic carbocycles. The van der Waals surface area contributed by atoms with E-state index in [1.54, 1.807) is 30.6 Å². The molecule has 0 saturated heterocycles. The van der Waals surface area contributed by atoms with Gasteiger partial charge in [0.2, 0.25) is 5.91 Å². The minimum atomic E-state index is -0.633. The number of hydrogen-bond acceptors (Lipinski definition) is 8. The summed E-state index contributed by atoms with van der Waals surface area (Å²) in [5.41, 5.74) is 1.83. The van der Waals surface area contributed by atoms with E-state index in [1.807, 2.05) is 12.1 Å². The summed E-state index contributed by atoms with van der Waals surface area (Å²) in [5.74, 6) is 0.120. The number of oxazole rings is 1. The fourth-order valence-corrected chi connectivity index (χ4v) is 3.51. The highest BCUT2D eigenvalue weighted by Gasteiger charge is 2.15. The number of rotatable bonds is 10. The van der Waals surface area contributed by atoms with Crippen LogP contribution in [0.4, 0.5) is 11.4 Å². The summed E-state index contributed by atoms with van der Waals surface area (Å²) in [6, 6.07) is 12.8. The molecule has 0 aliphatic rings. The van der Waals surface area contributed by atoms with E-state index < -0.39 is 10.7 Å². The summed E-state index contributed by atoms with van der Waals surface area (Å²) in [6.07, 6.45) is 3.88. The van der Waals surface area contributed by atoms with Crippen molar-refractivity contribution < 1.29 is 23.6 Å². The number of nitro benzene ring substituents is 1. The standard InChI is InChI=1S/C24H22N4O7/c1-33-20-9-6-17(12-22(20)34-15-16-4-2-10-25-14-16)26-23(29)5-3-11-27-19-8-7-18(28(31)32)13-21(19)35-24(27)30/h2,4,6-10,12-14H,3,5,11,15H2,1H3,(H,26,29). The third-order valence-corrected chi connectivity index (χ3v) is 5.21. The maximum atomic E-state index is 12.5. The van der Waals surface area contributed by atoms with Gasteiger partial charge in [-0.3, -0.25) is 24.5 Å². The van der Waals surface area contributed by atoms with Crippen molar-refractivity contribution in [2.45, 2.75) is 26.0 Å². The predicted molar refractivity (Wildman–Crippen MR) is 127 cm³/mol. The molecule has 4 rings (SSSR count). The zero-order valence-electron chi connectivity index (χ0n) is 18.8. The van der Waals surface area contributed by atoms with Gasteiger partial charge in [0.15, 0.2) is 17.1 Å². The van der Waals surface area contributed by atoms with E-state index in [2.05, 4.69) is 10.3 Å². The highest BCUT2D eigenvalue weighted by molar-refractivity contribution is 5.91. The first-order valence-corrected chi connectivity index (χ1v) is 10.7. The third kappa shape index (κ3) is 5.64. The monoisotopic (exact) mass is 478 g/mol. The number of nitro groups is 1. The number of anilines is 1. The predicted octanol–water partition coefficient (Wildman–Crippen LogP) is 3.90. The molecule has 0 fully saturated rings. The van der Waals surface area contributed by atoms with Crippen LogP contribution in [0.1, 0.15) is 18.4 Å². The van der Waals surface area contributed by atoms with E-state index in [0.717, 1.165) is 5.56 Å². The van der Waals surface area contributed by atoms with Gasteiger partial charge < -0.3 is 19.2 Å². The molecule has 11 heteroatoms. The Bertz CT molecular complexity index is 1410. The SMILES string of the molecule is COc1ccc(NC(=O)CCCn2c(=O)oc3cc([N+](=O)[O-])ccc32)cc1OCc1cccnc1. The van der Waals surface area contributed by atoms with Crippen LogP contribution in [0.5, 0.6) is 11.5 Å². The summed E-state index contributed by atoms with van der Waals surface area (Å²) >= 11 is 0. The molecule has 180 valence electrons. The molecule has 0 atom stereocenters. The van der Waals surface area contributed by atoms with Gasteiger partial charge in [0, 0.05) is 48.7 Å². The average molecular weight is 478 g/mol. The molecule has 4 aromatic rings. The van der Waals surface area contributed by atoms with Crippen molar-refractivity contribution in [3.63, 3.8) is 0 Å². The van der Waals surface area contributed by atoms with Gasteiger partial charge >= 0.3 is 5.76 Å². The van der Waals surface area contributed by atoms with Crippen LogP contribution in [0.2, 0.25) is 0 Å². The van der Waals surface area contributed by atoms with Crippen LogP contribution in [0, 0.1) is 10.1 Å². The Labute approximate surface area is 199 Å². The van der Waals surface area contributed by atoms with E-state index in [0.29, 0.717) is 29.1 Å². The Morgan fingerprint density at radius 2 is 2.06 bits per heavy atom. The van der Waals surface area contributed by atoms with Gasteiger partial charge in [-0.05, 0) is 30.7 Å². The third-order valence-electron chi connectivity index (χ3n) is 5.21. The number of methoxy groups -OCH3 is 1. The molecule has 0 unspecified atom stereocenters. The minimum Gasteiger partial charge on any atom is -0.493 e. The first kappa shape index (κ1) is 23.5. The number of nitrogens with zero attached hydrogens (tertiary/aromatic N) is 3. The normalized spacial score (nSPS) is 10.8. The van der Waals surface area contributed by atoms with Crippen LogP contribution in [0.15, 0.2) is 70.1 Å². The van der Waals surface area contributed by atoms with E-state index in [-0.39, 0.29) is 36.8 Å². The second-order valence-electron chi connectivity index (χ2n) is 7.60. The average Bonchev–Trinajstić information content (AvgIpc) is 3.17. The number of fused-ring (bicyclic) bond motifs is 1. The smallest absolute Gasteiger partial charge is 0.419 e. The number of aromatic nitrogens is 2. The molecule has 0 bridgehead atoms. The quantitative estimate of drug-likeness (QED) is 0.267. The highest BCUT2D eigenvalue weighted by atomic mass is 16.6. The van der Waals surface area contributed by atoms with Crippen molar-refractivity contribution >= 4 is 28.4 Å². The maximum Gasteiger partial charge on any atom is 0.419 e. The summed E-state index contributed by atoms with van der Waals surface area (Å²) < 4.78 is 17.6. The number of non-ortho nitro benzene ring substituents is 1. The molecule has 2 aromatic heterocycles. The molecule has 35 heavy (non-hydrogen) atoms. The topological polar surface area (TPSA) is 139 Å². The lowest BCUT2D eigenvalue weighted by Gasteiger charge is -2.13. The fraction of sp³-hybridized carbons (Fsp3) is 0.208. The van der Waals surface area contributed by atoms with Gasteiger partial charge in [0.05, 0.1) is 23.6 Å². The van der Waals surface area contributed by atoms with Crippen molar-refractivity contribution in [2.75, 3.05) is 12.4 Å². The van der Waals surface area contributed by atoms with Gasteiger partial charge in [-0.15, -0.1) is 0 Å². The van der Waals surface area contributed by atoms with Crippen LogP contribution in [0.25, 0.3) is 11.1 Å². The summed E-state index contributed by atoms with van der Waals surface area (Å²) in [7, 11) is 1.53. The molecular weight excluding hydrogens is 456 g/mol. The van der Waals surface area contributed by atoms with Crippen LogP contribution < -0.4 is 20.5 Å². The van der Waals surface area contributed by atoms with Gasteiger partial charge in [-0.2, -0.15) is 0 Å². The number of ether oxygens (including phenoxy) is 2. The maximum absolute atomic E-state index is 12.5. The number of hydrogen-bond donors (Lipinski definition) is 1. The highest BCUT2D eigenvalue weighted by Crippen LogP contribution is 2.31. The lowest BCUT2D eigenvalue weighted by Crippen LogP contribution is -2.17. The van der Waals surface area contributed by atoms with Gasteiger partial charge in [-0.25, -0.2) is 4.79 Å². The van der Waals surface area contributed by atoms with Crippen LogP contribution in [-0.2, 0) is 17.9 Å². The van der Waals surface area contributed by atoms with E-state index in [1.165, 1.54) is 29.9 Å². The first-order chi connectivity index (χ1) is 16.9. The zero-order chi connectivity index (χ0) is 24.8. The minimum absolute atomic E-state index is 0.130. The van der Waals surface area contributed by atoms with Crippen molar-refractivity contribution in [2.24, 2.45) is 0 Å². The van der Waals surface area contributed by atoms with Gasteiger partial charge in [0.25, 0.3) is 5.69 Å². The van der Waals surface area contributed by atoms with Gasteiger partial charge in [0.1, 0.15) is 6.61 Å². The second kappa shape index (κ2) is 10.5. The Morgan fingerprint density at radius 1 is 1.20 bits per heavy atom. The Hall–Kier alpha value is -4.67. The van der Waals surface area contributed by atoms with Crippen molar-refractivity contribution in [1.82, 2.24) is 9.55 Å². The largest absolute Gasteiger partial charge is 0.493 e. The molecule has 0 spiro atoms. The molecule has 0 aliphatic carbocycles. The summed E-state index contributed by atoms with van der Waals surface area (Å²) in [5, 5.41) is 13.7. The van der Waals surface area contributed by atoms with Crippen molar-refractivity contribution in [3.8, 4) is 11.5 Å². The van der Waals surface area contributed by atoms with Crippen LogP contribution >= 0.6 is 0 Å². The molecule has 11 nitrogen and oxygen atoms in total. The van der Waals surface area contributed by atoms with Gasteiger partial charge in [-0.1, -0.05) is 6.07 Å². The fourth-order valence-electron chi connectivity index (χ4n) is 3.51. The molecule has 2 heterocycles. The van der Waals surface area contributed by atoms with E-state index in [9.17, 15) is 19.7 Å².